The van der Waals surface area contributed by atoms with Crippen molar-refractivity contribution < 1.29 is 4.79 Å². The second-order valence-corrected chi connectivity index (χ2v) is 5.67. The number of unbranched alkanes of at least 4 members (excludes halogenated alkanes) is 2. The van der Waals surface area contributed by atoms with Gasteiger partial charge in [-0.05, 0) is 43.5 Å². The summed E-state index contributed by atoms with van der Waals surface area (Å²) in [6.07, 6.45) is 4.83. The van der Waals surface area contributed by atoms with Gasteiger partial charge in [0.2, 0.25) is 5.95 Å². The number of anilines is 2. The molecule has 0 aliphatic rings. The van der Waals surface area contributed by atoms with E-state index in [0.717, 1.165) is 36.1 Å². The fourth-order valence-corrected chi connectivity index (χ4v) is 2.20. The number of aromatic nitrogens is 2. The zero-order valence-electron chi connectivity index (χ0n) is 14.0. The van der Waals surface area contributed by atoms with Crippen LogP contribution in [0, 0.1) is 13.8 Å². The first-order valence-corrected chi connectivity index (χ1v) is 8.05. The van der Waals surface area contributed by atoms with Crippen LogP contribution in [0.4, 0.5) is 11.6 Å². The highest BCUT2D eigenvalue weighted by molar-refractivity contribution is 5.92. The summed E-state index contributed by atoms with van der Waals surface area (Å²) in [6, 6.07) is 7.77. The van der Waals surface area contributed by atoms with E-state index in [1.807, 2.05) is 26.0 Å². The van der Waals surface area contributed by atoms with Crippen molar-refractivity contribution in [1.29, 1.82) is 0 Å². The molecule has 1 aromatic heterocycles. The molecule has 0 radical (unpaired) electrons. The van der Waals surface area contributed by atoms with E-state index in [4.69, 9.17) is 0 Å². The number of carbonyl (C=O) groups is 1. The summed E-state index contributed by atoms with van der Waals surface area (Å²) in [6.45, 7) is 6.87. The molecule has 0 aliphatic heterocycles. The third-order valence-corrected chi connectivity index (χ3v) is 3.59. The number of benzene rings is 1. The molecular weight excluding hydrogens is 288 g/mol. The Morgan fingerprint density at radius 1 is 1.17 bits per heavy atom. The molecule has 5 heteroatoms. The number of amides is 1. The lowest BCUT2D eigenvalue weighted by atomic mass is 10.1. The van der Waals surface area contributed by atoms with E-state index in [1.165, 1.54) is 0 Å². The number of hydrogen-bond acceptors (Lipinski definition) is 4. The average Bonchev–Trinajstić information content (AvgIpc) is 2.55. The number of rotatable bonds is 7. The van der Waals surface area contributed by atoms with E-state index in [0.29, 0.717) is 18.2 Å². The number of nitrogens with one attached hydrogen (secondary N) is 2. The Hall–Kier alpha value is -2.43. The van der Waals surface area contributed by atoms with E-state index >= 15 is 0 Å². The minimum Gasteiger partial charge on any atom is -0.351 e. The van der Waals surface area contributed by atoms with Crippen LogP contribution in [0.2, 0.25) is 0 Å². The molecule has 0 bridgehead atoms. The standard InChI is InChI=1S/C18H24N4O/c1-4-5-6-10-19-17(23)15-9-11-20-18(21-15)22-16-12-13(2)7-8-14(16)3/h7-9,11-12H,4-6,10H2,1-3H3,(H,19,23)(H,20,21,22). The normalized spacial score (nSPS) is 10.4. The van der Waals surface area contributed by atoms with Gasteiger partial charge in [0.15, 0.2) is 0 Å². The van der Waals surface area contributed by atoms with Crippen LogP contribution in [0.3, 0.4) is 0 Å². The van der Waals surface area contributed by atoms with Gasteiger partial charge in [0.05, 0.1) is 0 Å². The smallest absolute Gasteiger partial charge is 0.270 e. The van der Waals surface area contributed by atoms with Gasteiger partial charge >= 0.3 is 0 Å². The largest absolute Gasteiger partial charge is 0.351 e. The predicted octanol–water partition coefficient (Wildman–Crippen LogP) is 3.76. The molecular formula is C18H24N4O. The van der Waals surface area contributed by atoms with Crippen LogP contribution in [0.15, 0.2) is 30.5 Å². The van der Waals surface area contributed by atoms with E-state index in [9.17, 15) is 4.79 Å². The molecule has 0 spiro atoms. The molecule has 2 aromatic rings. The van der Waals surface area contributed by atoms with Gasteiger partial charge in [-0.15, -0.1) is 0 Å². The van der Waals surface area contributed by atoms with Crippen molar-refractivity contribution in [3.05, 3.63) is 47.3 Å². The van der Waals surface area contributed by atoms with Crippen LogP contribution >= 0.6 is 0 Å². The molecule has 5 nitrogen and oxygen atoms in total. The van der Waals surface area contributed by atoms with Crippen molar-refractivity contribution in [2.75, 3.05) is 11.9 Å². The van der Waals surface area contributed by atoms with Crippen molar-refractivity contribution in [3.63, 3.8) is 0 Å². The summed E-state index contributed by atoms with van der Waals surface area (Å²) in [5.41, 5.74) is 3.59. The molecule has 2 N–H and O–H groups in total. The summed E-state index contributed by atoms with van der Waals surface area (Å²) in [7, 11) is 0. The van der Waals surface area contributed by atoms with Gasteiger partial charge in [0.1, 0.15) is 5.69 Å². The Morgan fingerprint density at radius 2 is 2.00 bits per heavy atom. The van der Waals surface area contributed by atoms with Crippen LogP contribution in [-0.2, 0) is 0 Å². The summed E-state index contributed by atoms with van der Waals surface area (Å²) < 4.78 is 0. The third-order valence-electron chi connectivity index (χ3n) is 3.59. The molecule has 1 amide bonds. The first-order chi connectivity index (χ1) is 11.1. The zero-order chi connectivity index (χ0) is 16.7. The van der Waals surface area contributed by atoms with Crippen LogP contribution < -0.4 is 10.6 Å². The number of nitrogens with zero attached hydrogens (tertiary/aromatic N) is 2. The summed E-state index contributed by atoms with van der Waals surface area (Å²) in [5, 5.41) is 6.07. The number of aryl methyl sites for hydroxylation is 2. The molecule has 1 aromatic carbocycles. The zero-order valence-corrected chi connectivity index (χ0v) is 14.0. The van der Waals surface area contributed by atoms with Gasteiger partial charge in [-0.3, -0.25) is 4.79 Å². The van der Waals surface area contributed by atoms with Crippen LogP contribution in [0.1, 0.15) is 47.8 Å². The lowest BCUT2D eigenvalue weighted by Gasteiger charge is -2.10. The Labute approximate surface area is 137 Å². The minimum atomic E-state index is -0.160. The van der Waals surface area contributed by atoms with Gasteiger partial charge in [0, 0.05) is 18.4 Å². The van der Waals surface area contributed by atoms with E-state index in [2.05, 4.69) is 33.6 Å². The highest BCUT2D eigenvalue weighted by Gasteiger charge is 2.09. The van der Waals surface area contributed by atoms with Crippen LogP contribution in [-0.4, -0.2) is 22.4 Å². The van der Waals surface area contributed by atoms with Gasteiger partial charge < -0.3 is 10.6 Å². The molecule has 122 valence electrons. The second-order valence-electron chi connectivity index (χ2n) is 5.67. The molecule has 0 unspecified atom stereocenters. The third kappa shape index (κ3) is 5.06. The SMILES string of the molecule is CCCCCNC(=O)c1ccnc(Nc2cc(C)ccc2C)n1. The maximum Gasteiger partial charge on any atom is 0.270 e. The van der Waals surface area contributed by atoms with E-state index < -0.39 is 0 Å². The highest BCUT2D eigenvalue weighted by Crippen LogP contribution is 2.19. The Kier molecular flexibility index (Phi) is 6.09. The highest BCUT2D eigenvalue weighted by atomic mass is 16.1. The Bertz CT molecular complexity index is 670. The van der Waals surface area contributed by atoms with Crippen molar-refractivity contribution in [3.8, 4) is 0 Å². The molecule has 0 saturated carbocycles. The average molecular weight is 312 g/mol. The van der Waals surface area contributed by atoms with Crippen molar-refractivity contribution in [2.45, 2.75) is 40.0 Å². The Morgan fingerprint density at radius 3 is 2.78 bits per heavy atom. The summed E-state index contributed by atoms with van der Waals surface area (Å²) in [4.78, 5) is 20.6. The monoisotopic (exact) mass is 312 g/mol. The molecule has 0 saturated heterocycles. The van der Waals surface area contributed by atoms with Crippen LogP contribution in [0.25, 0.3) is 0 Å². The van der Waals surface area contributed by atoms with Gasteiger partial charge in [-0.2, -0.15) is 0 Å². The van der Waals surface area contributed by atoms with Crippen molar-refractivity contribution in [2.24, 2.45) is 0 Å². The molecule has 23 heavy (non-hydrogen) atoms. The van der Waals surface area contributed by atoms with Gasteiger partial charge in [-0.25, -0.2) is 9.97 Å². The minimum absolute atomic E-state index is 0.160. The molecule has 0 atom stereocenters. The van der Waals surface area contributed by atoms with Crippen molar-refractivity contribution >= 4 is 17.5 Å². The van der Waals surface area contributed by atoms with Gasteiger partial charge in [0.25, 0.3) is 5.91 Å². The summed E-state index contributed by atoms with van der Waals surface area (Å²) in [5.74, 6) is 0.271. The molecule has 0 fully saturated rings. The lowest BCUT2D eigenvalue weighted by molar-refractivity contribution is 0.0948. The second kappa shape index (κ2) is 8.27. The van der Waals surface area contributed by atoms with Gasteiger partial charge in [-0.1, -0.05) is 31.9 Å². The predicted molar refractivity (Wildman–Crippen MR) is 93.1 cm³/mol. The molecule has 1 heterocycles. The fourth-order valence-electron chi connectivity index (χ4n) is 2.20. The molecule has 0 aliphatic carbocycles. The number of hydrogen-bond donors (Lipinski definition) is 2. The topological polar surface area (TPSA) is 66.9 Å². The quantitative estimate of drug-likeness (QED) is 0.764. The number of carbonyl (C=O) groups excluding carboxylic acids is 1. The first kappa shape index (κ1) is 16.9. The van der Waals surface area contributed by atoms with Crippen LogP contribution in [0.5, 0.6) is 0 Å². The van der Waals surface area contributed by atoms with E-state index in [-0.39, 0.29) is 5.91 Å². The van der Waals surface area contributed by atoms with E-state index in [1.54, 1.807) is 12.3 Å². The Balaban J connectivity index is 2.04. The van der Waals surface area contributed by atoms with Crippen molar-refractivity contribution in [1.82, 2.24) is 15.3 Å². The fraction of sp³-hybridized carbons (Fsp3) is 0.389. The summed E-state index contributed by atoms with van der Waals surface area (Å²) >= 11 is 0. The maximum absolute atomic E-state index is 12.1. The lowest BCUT2D eigenvalue weighted by Crippen LogP contribution is -2.25. The first-order valence-electron chi connectivity index (χ1n) is 8.05. The molecule has 2 rings (SSSR count). The maximum atomic E-state index is 12.1.